The Morgan fingerprint density at radius 1 is 1.47 bits per heavy atom. The van der Waals surface area contributed by atoms with Crippen molar-refractivity contribution < 1.29 is 64.3 Å². The maximum absolute atomic E-state index is 12.1. The SMILES string of the molecule is C=C(CSc1ccncn1)[B-](F)(F)F.[K+]. The second-order valence-corrected chi connectivity index (χ2v) is 3.56. The molecular weight excluding hydrogens is 251 g/mol. The summed E-state index contributed by atoms with van der Waals surface area (Å²) in [6.07, 6.45) is 2.78. The van der Waals surface area contributed by atoms with E-state index in [9.17, 15) is 12.9 Å². The van der Waals surface area contributed by atoms with E-state index in [1.165, 1.54) is 12.5 Å². The van der Waals surface area contributed by atoms with Crippen LogP contribution >= 0.6 is 11.8 Å². The fourth-order valence-electron chi connectivity index (χ4n) is 0.625. The molecular formula is C7H7BF3KN2S. The summed E-state index contributed by atoms with van der Waals surface area (Å²) in [5.74, 6) is -0.180. The van der Waals surface area contributed by atoms with Crippen molar-refractivity contribution in [2.75, 3.05) is 5.75 Å². The average molecular weight is 258 g/mol. The molecule has 1 rings (SSSR count). The van der Waals surface area contributed by atoms with Gasteiger partial charge in [0.15, 0.2) is 0 Å². The predicted octanol–water partition coefficient (Wildman–Crippen LogP) is -0.485. The third-order valence-corrected chi connectivity index (χ3v) is 2.48. The van der Waals surface area contributed by atoms with Gasteiger partial charge >= 0.3 is 58.4 Å². The Balaban J connectivity index is 0.00000196. The zero-order valence-corrected chi connectivity index (χ0v) is 12.1. The molecule has 8 heteroatoms. The van der Waals surface area contributed by atoms with Crippen LogP contribution in [-0.4, -0.2) is 22.7 Å². The van der Waals surface area contributed by atoms with Crippen molar-refractivity contribution in [1.82, 2.24) is 9.97 Å². The van der Waals surface area contributed by atoms with E-state index < -0.39 is 12.4 Å². The minimum Gasteiger partial charge on any atom is -0.445 e. The van der Waals surface area contributed by atoms with Crippen LogP contribution in [0.3, 0.4) is 0 Å². The number of aromatic nitrogens is 2. The first-order chi connectivity index (χ1) is 6.50. The second kappa shape index (κ2) is 7.08. The number of thioether (sulfide) groups is 1. The Hall–Kier alpha value is 0.661. The van der Waals surface area contributed by atoms with Gasteiger partial charge in [-0.3, -0.25) is 0 Å². The van der Waals surface area contributed by atoms with Crippen molar-refractivity contribution >= 4 is 18.7 Å². The van der Waals surface area contributed by atoms with E-state index >= 15 is 0 Å². The van der Waals surface area contributed by atoms with Crippen molar-refractivity contribution in [3.05, 3.63) is 30.6 Å². The van der Waals surface area contributed by atoms with Gasteiger partial charge in [0.2, 0.25) is 0 Å². The summed E-state index contributed by atoms with van der Waals surface area (Å²) in [5.41, 5.74) is -0.700. The number of nitrogens with zero attached hydrogens (tertiary/aromatic N) is 2. The Labute approximate surface area is 133 Å². The molecule has 0 radical (unpaired) electrons. The van der Waals surface area contributed by atoms with Crippen molar-refractivity contribution in [2.45, 2.75) is 5.03 Å². The Bertz CT molecular complexity index is 320. The van der Waals surface area contributed by atoms with Gasteiger partial charge in [0.25, 0.3) is 0 Å². The number of hydrogen-bond donors (Lipinski definition) is 0. The van der Waals surface area contributed by atoms with Crippen LogP contribution in [0.1, 0.15) is 0 Å². The molecule has 0 saturated carbocycles. The van der Waals surface area contributed by atoms with Crippen LogP contribution in [0.25, 0.3) is 0 Å². The molecule has 0 spiro atoms. The third-order valence-electron chi connectivity index (χ3n) is 1.42. The molecule has 0 atom stereocenters. The first-order valence-corrected chi connectivity index (χ1v) is 4.75. The van der Waals surface area contributed by atoms with Crippen LogP contribution in [0.15, 0.2) is 35.7 Å². The van der Waals surface area contributed by atoms with E-state index in [-0.39, 0.29) is 57.1 Å². The van der Waals surface area contributed by atoms with Crippen molar-refractivity contribution in [3.63, 3.8) is 0 Å². The van der Waals surface area contributed by atoms with E-state index in [4.69, 9.17) is 0 Å². The largest absolute Gasteiger partial charge is 1.00 e. The summed E-state index contributed by atoms with van der Waals surface area (Å²) in [6.45, 7) is -1.95. The molecule has 0 saturated heterocycles. The smallest absolute Gasteiger partial charge is 0.445 e. The maximum atomic E-state index is 12.1. The summed E-state index contributed by atoms with van der Waals surface area (Å²) in [5, 5.41) is 0.515. The molecule has 0 N–H and O–H groups in total. The van der Waals surface area contributed by atoms with Crippen LogP contribution in [0.5, 0.6) is 0 Å². The molecule has 0 aliphatic carbocycles. The van der Waals surface area contributed by atoms with E-state index in [0.29, 0.717) is 5.03 Å². The van der Waals surface area contributed by atoms with Gasteiger partial charge in [-0.1, -0.05) is 0 Å². The first-order valence-electron chi connectivity index (χ1n) is 3.76. The van der Waals surface area contributed by atoms with E-state index in [1.54, 1.807) is 6.07 Å². The van der Waals surface area contributed by atoms with Crippen molar-refractivity contribution in [3.8, 4) is 0 Å². The average Bonchev–Trinajstić information content (AvgIpc) is 2.14. The standard InChI is InChI=1S/C7H7BF3N2S.K/c1-6(8(9,10)11)4-14-7-2-3-12-5-13-7;/h2-3,5H,1,4H2;/q-1;+1. The molecule has 1 aromatic heterocycles. The minimum atomic E-state index is -4.93. The molecule has 2 nitrogen and oxygen atoms in total. The van der Waals surface area contributed by atoms with Crippen LogP contribution in [0, 0.1) is 0 Å². The van der Waals surface area contributed by atoms with Crippen LogP contribution in [0.2, 0.25) is 0 Å². The molecule has 0 bridgehead atoms. The zero-order chi connectivity index (χ0) is 10.6. The van der Waals surface area contributed by atoms with Gasteiger partial charge in [0.1, 0.15) is 6.33 Å². The van der Waals surface area contributed by atoms with Gasteiger partial charge in [0.05, 0.1) is 5.03 Å². The van der Waals surface area contributed by atoms with Gasteiger partial charge in [-0.15, -0.1) is 23.8 Å². The molecule has 0 unspecified atom stereocenters. The molecule has 0 aromatic carbocycles. The summed E-state index contributed by atoms with van der Waals surface area (Å²) >= 11 is 1.00. The number of rotatable bonds is 4. The van der Waals surface area contributed by atoms with Crippen LogP contribution < -0.4 is 51.4 Å². The maximum Gasteiger partial charge on any atom is 1.00 e. The van der Waals surface area contributed by atoms with Crippen LogP contribution in [0.4, 0.5) is 12.9 Å². The molecule has 15 heavy (non-hydrogen) atoms. The first kappa shape index (κ1) is 15.7. The summed E-state index contributed by atoms with van der Waals surface area (Å²) < 4.78 is 36.2. The monoisotopic (exact) mass is 258 g/mol. The Morgan fingerprint density at radius 3 is 2.60 bits per heavy atom. The van der Waals surface area contributed by atoms with Gasteiger partial charge in [-0.2, -0.15) is 0 Å². The van der Waals surface area contributed by atoms with Crippen LogP contribution in [-0.2, 0) is 0 Å². The quantitative estimate of drug-likeness (QED) is 0.414. The second-order valence-electron chi connectivity index (χ2n) is 2.57. The fourth-order valence-corrected chi connectivity index (χ4v) is 1.43. The molecule has 76 valence electrons. The molecule has 1 heterocycles. The third kappa shape index (κ3) is 6.08. The van der Waals surface area contributed by atoms with E-state index in [0.717, 1.165) is 11.8 Å². The normalized spacial score (nSPS) is 10.6. The minimum absolute atomic E-state index is 0. The van der Waals surface area contributed by atoms with Gasteiger partial charge in [-0.25, -0.2) is 9.97 Å². The molecule has 1 aromatic rings. The van der Waals surface area contributed by atoms with Gasteiger partial charge in [-0.05, 0) is 11.8 Å². The topological polar surface area (TPSA) is 25.8 Å². The van der Waals surface area contributed by atoms with Crippen molar-refractivity contribution in [1.29, 1.82) is 0 Å². The van der Waals surface area contributed by atoms with Gasteiger partial charge < -0.3 is 12.9 Å². The molecule has 0 amide bonds. The van der Waals surface area contributed by atoms with Crippen molar-refractivity contribution in [2.24, 2.45) is 0 Å². The Kier molecular flexibility index (Phi) is 7.39. The van der Waals surface area contributed by atoms with E-state index in [2.05, 4.69) is 16.5 Å². The van der Waals surface area contributed by atoms with Gasteiger partial charge in [0, 0.05) is 6.20 Å². The van der Waals surface area contributed by atoms with E-state index in [1.807, 2.05) is 0 Å². The molecule has 0 aliphatic rings. The molecule has 0 fully saturated rings. The number of halogens is 3. The fraction of sp³-hybridized carbons (Fsp3) is 0.143. The molecule has 0 aliphatic heterocycles. The predicted molar refractivity (Wildman–Crippen MR) is 51.0 cm³/mol. The summed E-state index contributed by atoms with van der Waals surface area (Å²) in [6, 6.07) is 1.56. The number of hydrogen-bond acceptors (Lipinski definition) is 3. The Morgan fingerprint density at radius 2 is 2.13 bits per heavy atom. The zero-order valence-electron chi connectivity index (χ0n) is 8.16. The summed E-state index contributed by atoms with van der Waals surface area (Å²) in [7, 11) is 0. The summed E-state index contributed by atoms with van der Waals surface area (Å²) in [4.78, 5) is 7.44.